The lowest BCUT2D eigenvalue weighted by Crippen LogP contribution is -2.19. The normalized spacial score (nSPS) is 12.1. The van der Waals surface area contributed by atoms with E-state index in [1.165, 1.54) is 11.3 Å². The SMILES string of the molecule is Cc1c(N=c2scc(-c3ccco3)n2N=Cc2cccnc2)c(=O)n(-c2ccccc2)n1C. The van der Waals surface area contributed by atoms with Crippen LogP contribution < -0.4 is 10.4 Å². The van der Waals surface area contributed by atoms with Gasteiger partial charge in [0.15, 0.2) is 11.4 Å². The molecule has 5 aromatic rings. The number of nitrogens with zero attached hydrogens (tertiary/aromatic N) is 6. The summed E-state index contributed by atoms with van der Waals surface area (Å²) in [6.07, 6.45) is 6.74. The van der Waals surface area contributed by atoms with Crippen LogP contribution in [0, 0.1) is 6.92 Å². The number of hydrogen-bond donors (Lipinski definition) is 0. The number of hydrogen-bond acceptors (Lipinski definition) is 6. The van der Waals surface area contributed by atoms with Gasteiger partial charge in [0.25, 0.3) is 5.56 Å². The van der Waals surface area contributed by atoms with Crippen molar-refractivity contribution in [3.63, 3.8) is 0 Å². The minimum atomic E-state index is -0.197. The van der Waals surface area contributed by atoms with Gasteiger partial charge in [-0.2, -0.15) is 5.10 Å². The maximum atomic E-state index is 13.3. The van der Waals surface area contributed by atoms with E-state index in [1.54, 1.807) is 38.9 Å². The molecule has 0 unspecified atom stereocenters. The minimum Gasteiger partial charge on any atom is -0.463 e. The van der Waals surface area contributed by atoms with Gasteiger partial charge in [0.05, 0.1) is 23.9 Å². The Balaban J connectivity index is 1.69. The molecule has 1 aromatic carbocycles. The van der Waals surface area contributed by atoms with E-state index in [-0.39, 0.29) is 5.56 Å². The number of furan rings is 1. The Bertz CT molecular complexity index is 1540. The number of aromatic nitrogens is 4. The third-order valence-corrected chi connectivity index (χ3v) is 6.01. The molecule has 0 aliphatic rings. The van der Waals surface area contributed by atoms with Gasteiger partial charge in [0.1, 0.15) is 5.69 Å². The largest absolute Gasteiger partial charge is 0.463 e. The molecule has 4 heterocycles. The number of benzene rings is 1. The van der Waals surface area contributed by atoms with Gasteiger partial charge in [-0.25, -0.2) is 14.4 Å². The lowest BCUT2D eigenvalue weighted by atomic mass is 10.3. The van der Waals surface area contributed by atoms with Gasteiger partial charge < -0.3 is 4.42 Å². The van der Waals surface area contributed by atoms with Crippen molar-refractivity contribution in [3.8, 4) is 17.1 Å². The first-order chi connectivity index (χ1) is 16.1. The van der Waals surface area contributed by atoms with Crippen LogP contribution in [0.4, 0.5) is 5.69 Å². The highest BCUT2D eigenvalue weighted by Crippen LogP contribution is 2.22. The molecule has 0 N–H and O–H groups in total. The second-order valence-electron chi connectivity index (χ2n) is 7.25. The van der Waals surface area contributed by atoms with Crippen LogP contribution in [0.2, 0.25) is 0 Å². The third kappa shape index (κ3) is 3.90. The van der Waals surface area contributed by atoms with Gasteiger partial charge >= 0.3 is 0 Å². The summed E-state index contributed by atoms with van der Waals surface area (Å²) in [4.78, 5) is 22.7. The van der Waals surface area contributed by atoms with Crippen LogP contribution in [0.3, 0.4) is 0 Å². The Labute approximate surface area is 193 Å². The van der Waals surface area contributed by atoms with Crippen molar-refractivity contribution in [3.05, 3.63) is 105 Å². The Morgan fingerprint density at radius 1 is 1.09 bits per heavy atom. The fourth-order valence-corrected chi connectivity index (χ4v) is 4.26. The highest BCUT2D eigenvalue weighted by atomic mass is 32.1. The van der Waals surface area contributed by atoms with E-state index in [0.29, 0.717) is 16.2 Å². The molecule has 0 aliphatic carbocycles. The lowest BCUT2D eigenvalue weighted by molar-refractivity contribution is 0.575. The zero-order valence-electron chi connectivity index (χ0n) is 18.0. The van der Waals surface area contributed by atoms with E-state index >= 15 is 0 Å². The van der Waals surface area contributed by atoms with Crippen LogP contribution in [0.25, 0.3) is 17.1 Å². The van der Waals surface area contributed by atoms with Gasteiger partial charge in [-0.15, -0.1) is 11.3 Å². The summed E-state index contributed by atoms with van der Waals surface area (Å²) in [5.74, 6) is 0.655. The summed E-state index contributed by atoms with van der Waals surface area (Å²) in [5, 5.41) is 6.54. The van der Waals surface area contributed by atoms with Crippen LogP contribution in [0.1, 0.15) is 11.3 Å². The van der Waals surface area contributed by atoms with Crippen LogP contribution in [0.5, 0.6) is 0 Å². The third-order valence-electron chi connectivity index (χ3n) is 5.20. The molecule has 0 aliphatic heterocycles. The molecule has 0 amide bonds. The van der Waals surface area contributed by atoms with E-state index in [0.717, 1.165) is 22.6 Å². The number of pyridine rings is 1. The fourth-order valence-electron chi connectivity index (χ4n) is 3.44. The molecule has 0 bridgehead atoms. The molecule has 0 spiro atoms. The van der Waals surface area contributed by atoms with Gasteiger partial charge in [0, 0.05) is 30.4 Å². The van der Waals surface area contributed by atoms with E-state index in [2.05, 4.69) is 10.1 Å². The molecule has 4 aromatic heterocycles. The number of para-hydroxylation sites is 1. The van der Waals surface area contributed by atoms with Crippen molar-refractivity contribution in [1.82, 2.24) is 19.0 Å². The van der Waals surface area contributed by atoms with Crippen LogP contribution >= 0.6 is 11.3 Å². The van der Waals surface area contributed by atoms with Gasteiger partial charge in [-0.05, 0) is 37.3 Å². The molecule has 33 heavy (non-hydrogen) atoms. The molecule has 0 radical (unpaired) electrons. The summed E-state index contributed by atoms with van der Waals surface area (Å²) in [7, 11) is 1.85. The van der Waals surface area contributed by atoms with Crippen LogP contribution in [-0.4, -0.2) is 25.2 Å². The molecular formula is C24H20N6O2S. The smallest absolute Gasteiger partial charge is 0.297 e. The van der Waals surface area contributed by atoms with Crippen molar-refractivity contribution in [1.29, 1.82) is 0 Å². The second kappa shape index (κ2) is 8.71. The molecule has 0 atom stereocenters. The summed E-state index contributed by atoms with van der Waals surface area (Å²) in [5.41, 5.74) is 3.27. The highest BCUT2D eigenvalue weighted by Gasteiger charge is 2.17. The topological polar surface area (TPSA) is 82.6 Å². The van der Waals surface area contributed by atoms with E-state index in [1.807, 2.05) is 73.9 Å². The molecule has 164 valence electrons. The van der Waals surface area contributed by atoms with Crippen LogP contribution in [0.15, 0.2) is 97.9 Å². The first kappa shape index (κ1) is 20.7. The summed E-state index contributed by atoms with van der Waals surface area (Å²) >= 11 is 1.38. The van der Waals surface area contributed by atoms with Crippen molar-refractivity contribution >= 4 is 23.2 Å². The molecule has 5 rings (SSSR count). The summed E-state index contributed by atoms with van der Waals surface area (Å²) < 4.78 is 10.7. The lowest BCUT2D eigenvalue weighted by Gasteiger charge is -2.07. The summed E-state index contributed by atoms with van der Waals surface area (Å²) in [6.45, 7) is 1.88. The predicted molar refractivity (Wildman–Crippen MR) is 128 cm³/mol. The van der Waals surface area contributed by atoms with E-state index < -0.39 is 0 Å². The second-order valence-corrected chi connectivity index (χ2v) is 8.08. The Morgan fingerprint density at radius 3 is 2.67 bits per heavy atom. The zero-order valence-corrected chi connectivity index (χ0v) is 18.8. The van der Waals surface area contributed by atoms with Gasteiger partial charge in [0.2, 0.25) is 4.80 Å². The van der Waals surface area contributed by atoms with Crippen LogP contribution in [-0.2, 0) is 7.05 Å². The Hall–Kier alpha value is -4.24. The molecule has 9 heteroatoms. The fraction of sp³-hybridized carbons (Fsp3) is 0.0833. The maximum absolute atomic E-state index is 13.3. The Morgan fingerprint density at radius 2 is 1.94 bits per heavy atom. The van der Waals surface area contributed by atoms with Crippen molar-refractivity contribution in [2.45, 2.75) is 6.92 Å². The standard InChI is InChI=1S/C24H20N6O2S/c1-17-22(23(31)30(28(17)2)19-9-4-3-5-10-19)27-24-29(26-15-18-8-6-12-25-14-18)20(16-33-24)21-11-7-13-32-21/h3-16H,1-2H3. The zero-order chi connectivity index (χ0) is 22.8. The number of rotatable bonds is 5. The molecule has 8 nitrogen and oxygen atoms in total. The molecule has 0 saturated heterocycles. The first-order valence-electron chi connectivity index (χ1n) is 10.2. The molecule has 0 saturated carbocycles. The Kier molecular flexibility index (Phi) is 5.45. The first-order valence-corrected chi connectivity index (χ1v) is 11.1. The average Bonchev–Trinajstić information content (AvgIpc) is 3.56. The highest BCUT2D eigenvalue weighted by molar-refractivity contribution is 7.07. The number of thiazole rings is 1. The molecule has 0 fully saturated rings. The van der Waals surface area contributed by atoms with Crippen molar-refractivity contribution < 1.29 is 4.42 Å². The quantitative estimate of drug-likeness (QED) is 0.373. The van der Waals surface area contributed by atoms with Crippen molar-refractivity contribution in [2.24, 2.45) is 17.1 Å². The minimum absolute atomic E-state index is 0.197. The van der Waals surface area contributed by atoms with E-state index in [4.69, 9.17) is 9.41 Å². The summed E-state index contributed by atoms with van der Waals surface area (Å²) in [6, 6.07) is 16.9. The monoisotopic (exact) mass is 456 g/mol. The van der Waals surface area contributed by atoms with Gasteiger partial charge in [-0.3, -0.25) is 14.5 Å². The maximum Gasteiger partial charge on any atom is 0.297 e. The predicted octanol–water partition coefficient (Wildman–Crippen LogP) is 4.12. The average molecular weight is 457 g/mol. The van der Waals surface area contributed by atoms with Crippen molar-refractivity contribution in [2.75, 3.05) is 0 Å². The molecular weight excluding hydrogens is 436 g/mol. The van der Waals surface area contributed by atoms with E-state index in [9.17, 15) is 4.79 Å². The van der Waals surface area contributed by atoms with Gasteiger partial charge in [-0.1, -0.05) is 24.3 Å².